The van der Waals surface area contributed by atoms with Crippen molar-refractivity contribution in [3.8, 4) is 5.69 Å². The van der Waals surface area contributed by atoms with Gasteiger partial charge in [-0.1, -0.05) is 0 Å². The van der Waals surface area contributed by atoms with Gasteiger partial charge in [0.05, 0.1) is 16.9 Å². The molecule has 0 saturated carbocycles. The van der Waals surface area contributed by atoms with Crippen molar-refractivity contribution in [2.75, 3.05) is 11.9 Å². The first-order valence-corrected chi connectivity index (χ1v) is 7.35. The molecule has 2 heterocycles. The Morgan fingerprint density at radius 1 is 1.17 bits per heavy atom. The highest BCUT2D eigenvalue weighted by molar-refractivity contribution is 5.47. The molecular formula is C16H17N5O2. The predicted octanol–water partition coefficient (Wildman–Crippen LogP) is 3.08. The van der Waals surface area contributed by atoms with E-state index in [0.29, 0.717) is 0 Å². The fraction of sp³-hybridized carbons (Fsp3) is 0.188. The topological polar surface area (TPSA) is 77.9 Å². The minimum Gasteiger partial charge on any atom is -0.384 e. The van der Waals surface area contributed by atoms with Gasteiger partial charge in [0, 0.05) is 55.7 Å². The fourth-order valence-electron chi connectivity index (χ4n) is 2.32. The van der Waals surface area contributed by atoms with Crippen LogP contribution in [0.4, 0.5) is 11.4 Å². The smallest absolute Gasteiger partial charge is 0.269 e. The maximum atomic E-state index is 10.7. The molecular weight excluding hydrogens is 294 g/mol. The van der Waals surface area contributed by atoms with E-state index in [-0.39, 0.29) is 5.69 Å². The molecule has 0 amide bonds. The molecule has 0 aliphatic heterocycles. The number of hydrogen-bond donors (Lipinski definition) is 1. The maximum Gasteiger partial charge on any atom is 0.269 e. The van der Waals surface area contributed by atoms with Crippen molar-refractivity contribution in [1.29, 1.82) is 0 Å². The predicted molar refractivity (Wildman–Crippen MR) is 87.8 cm³/mol. The molecule has 0 radical (unpaired) electrons. The highest BCUT2D eigenvalue weighted by Gasteiger charge is 2.05. The highest BCUT2D eigenvalue weighted by atomic mass is 16.6. The minimum atomic E-state index is -0.396. The van der Waals surface area contributed by atoms with Crippen LogP contribution in [0.1, 0.15) is 6.42 Å². The van der Waals surface area contributed by atoms with Crippen LogP contribution in [0.25, 0.3) is 5.69 Å². The molecule has 3 aromatic rings. The molecule has 0 atom stereocenters. The fourth-order valence-corrected chi connectivity index (χ4v) is 2.32. The van der Waals surface area contributed by atoms with Crippen LogP contribution in [0, 0.1) is 10.1 Å². The van der Waals surface area contributed by atoms with Gasteiger partial charge in [-0.15, -0.1) is 0 Å². The summed E-state index contributed by atoms with van der Waals surface area (Å²) in [5.41, 5.74) is 2.01. The summed E-state index contributed by atoms with van der Waals surface area (Å²) in [4.78, 5) is 14.3. The van der Waals surface area contributed by atoms with Gasteiger partial charge in [-0.25, -0.2) is 4.98 Å². The van der Waals surface area contributed by atoms with Crippen LogP contribution in [0.3, 0.4) is 0 Å². The number of nitro benzene ring substituents is 1. The van der Waals surface area contributed by atoms with Crippen LogP contribution in [0.15, 0.2) is 61.4 Å². The molecule has 1 N–H and O–H groups in total. The summed E-state index contributed by atoms with van der Waals surface area (Å²) in [5.74, 6) is 0. The van der Waals surface area contributed by atoms with Crippen molar-refractivity contribution in [1.82, 2.24) is 14.1 Å². The maximum absolute atomic E-state index is 10.7. The van der Waals surface area contributed by atoms with E-state index in [9.17, 15) is 10.1 Å². The van der Waals surface area contributed by atoms with Crippen LogP contribution in [-0.2, 0) is 6.54 Å². The molecule has 3 rings (SSSR count). The zero-order valence-electron chi connectivity index (χ0n) is 12.5. The third kappa shape index (κ3) is 3.76. The van der Waals surface area contributed by atoms with Crippen molar-refractivity contribution >= 4 is 11.4 Å². The van der Waals surface area contributed by atoms with Gasteiger partial charge < -0.3 is 14.5 Å². The van der Waals surface area contributed by atoms with Gasteiger partial charge >= 0.3 is 0 Å². The second-order valence-electron chi connectivity index (χ2n) is 5.16. The molecule has 0 spiro atoms. The summed E-state index contributed by atoms with van der Waals surface area (Å²) >= 11 is 0. The number of aromatic nitrogens is 3. The van der Waals surface area contributed by atoms with Crippen LogP contribution < -0.4 is 5.32 Å². The first-order chi connectivity index (χ1) is 11.2. The van der Waals surface area contributed by atoms with Crippen molar-refractivity contribution < 1.29 is 4.92 Å². The third-order valence-corrected chi connectivity index (χ3v) is 3.53. The number of nitro groups is 1. The van der Waals surface area contributed by atoms with Crippen molar-refractivity contribution in [2.24, 2.45) is 0 Å². The Morgan fingerprint density at radius 2 is 2.00 bits per heavy atom. The van der Waals surface area contributed by atoms with E-state index in [1.54, 1.807) is 18.3 Å². The lowest BCUT2D eigenvalue weighted by Crippen LogP contribution is -2.05. The lowest BCUT2D eigenvalue weighted by molar-refractivity contribution is -0.384. The number of anilines is 1. The Balaban J connectivity index is 1.54. The summed E-state index contributed by atoms with van der Waals surface area (Å²) in [6.07, 6.45) is 10.4. The van der Waals surface area contributed by atoms with Crippen molar-refractivity contribution in [3.05, 3.63) is 71.6 Å². The monoisotopic (exact) mass is 311 g/mol. The summed E-state index contributed by atoms with van der Waals surface area (Å²) < 4.78 is 3.98. The number of aryl methyl sites for hydroxylation is 1. The molecule has 0 fully saturated rings. The summed E-state index contributed by atoms with van der Waals surface area (Å²) in [5, 5.41) is 14.0. The number of nitrogens with one attached hydrogen (secondary N) is 1. The molecule has 0 bridgehead atoms. The highest BCUT2D eigenvalue weighted by Crippen LogP contribution is 2.18. The van der Waals surface area contributed by atoms with Gasteiger partial charge in [-0.05, 0) is 24.6 Å². The Bertz CT molecular complexity index is 762. The molecule has 7 heteroatoms. The molecule has 0 aliphatic carbocycles. The molecule has 2 aromatic heterocycles. The van der Waals surface area contributed by atoms with Crippen LogP contribution in [0.5, 0.6) is 0 Å². The lowest BCUT2D eigenvalue weighted by Gasteiger charge is -2.05. The molecule has 23 heavy (non-hydrogen) atoms. The SMILES string of the molecule is O=[N+]([O-])c1ccc(-n2ccc(NCCCn3ccnc3)c2)cc1. The van der Waals surface area contributed by atoms with Crippen LogP contribution in [-0.4, -0.2) is 25.6 Å². The van der Waals surface area contributed by atoms with Crippen LogP contribution in [0.2, 0.25) is 0 Å². The van der Waals surface area contributed by atoms with Gasteiger partial charge in [0.1, 0.15) is 0 Å². The first kappa shape index (κ1) is 14.8. The Hall–Kier alpha value is -3.09. The number of imidazole rings is 1. The van der Waals surface area contributed by atoms with E-state index in [4.69, 9.17) is 0 Å². The van der Waals surface area contributed by atoms with E-state index in [0.717, 1.165) is 30.9 Å². The molecule has 7 nitrogen and oxygen atoms in total. The van der Waals surface area contributed by atoms with Gasteiger partial charge in [0.15, 0.2) is 0 Å². The second-order valence-corrected chi connectivity index (χ2v) is 5.16. The summed E-state index contributed by atoms with van der Waals surface area (Å²) in [6, 6.07) is 8.47. The lowest BCUT2D eigenvalue weighted by atomic mass is 10.3. The van der Waals surface area contributed by atoms with Gasteiger partial charge in [0.25, 0.3) is 5.69 Å². The Kier molecular flexibility index (Phi) is 4.37. The zero-order chi connectivity index (χ0) is 16.1. The quantitative estimate of drug-likeness (QED) is 0.413. The number of rotatable bonds is 7. The van der Waals surface area contributed by atoms with Gasteiger partial charge in [-0.2, -0.15) is 0 Å². The van der Waals surface area contributed by atoms with Gasteiger partial charge in [-0.3, -0.25) is 10.1 Å². The van der Waals surface area contributed by atoms with E-state index in [2.05, 4.69) is 10.3 Å². The molecule has 0 aliphatic rings. The van der Waals surface area contributed by atoms with Gasteiger partial charge in [0.2, 0.25) is 0 Å². The van der Waals surface area contributed by atoms with E-state index in [1.165, 1.54) is 12.1 Å². The van der Waals surface area contributed by atoms with E-state index < -0.39 is 4.92 Å². The average molecular weight is 311 g/mol. The number of benzene rings is 1. The molecule has 0 unspecified atom stereocenters. The summed E-state index contributed by atoms with van der Waals surface area (Å²) in [7, 11) is 0. The second kappa shape index (κ2) is 6.78. The van der Waals surface area contributed by atoms with E-state index in [1.807, 2.05) is 40.1 Å². The molecule has 118 valence electrons. The largest absolute Gasteiger partial charge is 0.384 e. The van der Waals surface area contributed by atoms with Crippen molar-refractivity contribution in [3.63, 3.8) is 0 Å². The minimum absolute atomic E-state index is 0.0961. The standard InChI is InChI=1S/C16H17N5O2/c22-21(23)16-4-2-15(3-5-16)20-10-6-14(12-20)18-7-1-9-19-11-8-17-13-19/h2-6,8,10-13,18H,1,7,9H2. The van der Waals surface area contributed by atoms with Crippen molar-refractivity contribution in [2.45, 2.75) is 13.0 Å². The molecule has 1 aromatic carbocycles. The zero-order valence-corrected chi connectivity index (χ0v) is 12.5. The Labute approximate surface area is 133 Å². The number of non-ortho nitro benzene ring substituents is 1. The number of hydrogen-bond acceptors (Lipinski definition) is 4. The number of nitrogens with zero attached hydrogens (tertiary/aromatic N) is 4. The van der Waals surface area contributed by atoms with Crippen LogP contribution >= 0.6 is 0 Å². The Morgan fingerprint density at radius 3 is 2.70 bits per heavy atom. The summed E-state index contributed by atoms with van der Waals surface area (Å²) in [6.45, 7) is 1.79. The molecule has 0 saturated heterocycles. The average Bonchev–Trinajstić information content (AvgIpc) is 3.23. The van der Waals surface area contributed by atoms with E-state index >= 15 is 0 Å². The first-order valence-electron chi connectivity index (χ1n) is 7.35. The third-order valence-electron chi connectivity index (χ3n) is 3.53. The normalized spacial score (nSPS) is 10.6.